The second-order valence-corrected chi connectivity index (χ2v) is 4.09. The van der Waals surface area contributed by atoms with Crippen molar-refractivity contribution in [3.63, 3.8) is 0 Å². The quantitative estimate of drug-likeness (QED) is 0.848. The second kappa shape index (κ2) is 4.91. The molecule has 0 saturated carbocycles. The lowest BCUT2D eigenvalue weighted by Gasteiger charge is -2.04. The van der Waals surface area contributed by atoms with E-state index in [-0.39, 0.29) is 12.0 Å². The summed E-state index contributed by atoms with van der Waals surface area (Å²) in [7, 11) is 0. The van der Waals surface area contributed by atoms with Gasteiger partial charge in [0.1, 0.15) is 0 Å². The highest BCUT2D eigenvalue weighted by atomic mass is 16.4. The van der Waals surface area contributed by atoms with Crippen LogP contribution in [0.2, 0.25) is 0 Å². The number of rotatable bonds is 5. The number of aromatic nitrogens is 1. The molecule has 0 aliphatic heterocycles. The summed E-state index contributed by atoms with van der Waals surface area (Å²) < 4.78 is 1.93. The van der Waals surface area contributed by atoms with Crippen molar-refractivity contribution in [2.24, 2.45) is 0 Å². The maximum absolute atomic E-state index is 10.8. The molecule has 0 spiro atoms. The highest BCUT2D eigenvalue weighted by Gasteiger charge is 2.06. The Hall–Kier alpha value is -2.30. The van der Waals surface area contributed by atoms with Gasteiger partial charge in [-0.1, -0.05) is 0 Å². The Kier molecular flexibility index (Phi) is 3.32. The number of benzene rings is 1. The number of fused-ring (bicyclic) bond motifs is 1. The van der Waals surface area contributed by atoms with Crippen LogP contribution in [0.25, 0.3) is 10.9 Å². The van der Waals surface area contributed by atoms with Crippen molar-refractivity contribution >= 4 is 22.8 Å². The summed E-state index contributed by atoms with van der Waals surface area (Å²) in [6.45, 7) is 0.613. The SMILES string of the molecule is O=C(O)CCCn1ccc2cc(C(=O)O)ccc21. The molecule has 0 aliphatic carbocycles. The number of aromatic carboxylic acids is 1. The van der Waals surface area contributed by atoms with Crippen molar-refractivity contribution in [1.29, 1.82) is 0 Å². The minimum absolute atomic E-state index is 0.132. The van der Waals surface area contributed by atoms with E-state index in [9.17, 15) is 9.59 Å². The number of carbonyl (C=O) groups is 2. The van der Waals surface area contributed by atoms with Crippen molar-refractivity contribution in [3.8, 4) is 0 Å². The van der Waals surface area contributed by atoms with E-state index >= 15 is 0 Å². The van der Waals surface area contributed by atoms with Gasteiger partial charge in [0.2, 0.25) is 0 Å². The molecule has 0 bridgehead atoms. The molecule has 1 aromatic carbocycles. The number of hydrogen-bond donors (Lipinski definition) is 2. The van der Waals surface area contributed by atoms with Crippen molar-refractivity contribution in [1.82, 2.24) is 4.57 Å². The van der Waals surface area contributed by atoms with Crippen molar-refractivity contribution in [2.45, 2.75) is 19.4 Å². The Labute approximate surface area is 103 Å². The second-order valence-electron chi connectivity index (χ2n) is 4.09. The third-order valence-corrected chi connectivity index (χ3v) is 2.81. The molecule has 0 radical (unpaired) electrons. The maximum atomic E-state index is 10.8. The first-order valence-corrected chi connectivity index (χ1v) is 5.62. The summed E-state index contributed by atoms with van der Waals surface area (Å²) in [5.74, 6) is -1.75. The molecule has 2 N–H and O–H groups in total. The molecule has 94 valence electrons. The summed E-state index contributed by atoms with van der Waals surface area (Å²) in [5.41, 5.74) is 1.18. The maximum Gasteiger partial charge on any atom is 0.335 e. The normalized spacial score (nSPS) is 10.7. The molecular weight excluding hydrogens is 234 g/mol. The molecule has 18 heavy (non-hydrogen) atoms. The molecule has 5 heteroatoms. The molecule has 0 atom stereocenters. The average molecular weight is 247 g/mol. The van der Waals surface area contributed by atoms with Gasteiger partial charge in [-0.3, -0.25) is 4.79 Å². The van der Waals surface area contributed by atoms with Gasteiger partial charge < -0.3 is 14.8 Å². The van der Waals surface area contributed by atoms with E-state index in [2.05, 4.69) is 0 Å². The molecule has 0 aliphatic rings. The van der Waals surface area contributed by atoms with E-state index < -0.39 is 11.9 Å². The topological polar surface area (TPSA) is 79.5 Å². The first-order valence-electron chi connectivity index (χ1n) is 5.62. The molecular formula is C13H13NO4. The zero-order valence-corrected chi connectivity index (χ0v) is 9.67. The van der Waals surface area contributed by atoms with Crippen LogP contribution in [0.3, 0.4) is 0 Å². The number of hydrogen-bond acceptors (Lipinski definition) is 2. The molecule has 1 heterocycles. The van der Waals surface area contributed by atoms with Crippen LogP contribution in [0.5, 0.6) is 0 Å². The van der Waals surface area contributed by atoms with Crippen molar-refractivity contribution in [2.75, 3.05) is 0 Å². The molecule has 0 fully saturated rings. The Bertz CT molecular complexity index is 600. The Morgan fingerprint density at radius 3 is 2.61 bits per heavy atom. The first-order chi connectivity index (χ1) is 8.58. The first kappa shape index (κ1) is 12.2. The Balaban J connectivity index is 2.20. The van der Waals surface area contributed by atoms with Gasteiger partial charge in [0.05, 0.1) is 5.56 Å². The van der Waals surface area contributed by atoms with E-state index in [1.807, 2.05) is 16.8 Å². The van der Waals surface area contributed by atoms with Crippen LogP contribution >= 0.6 is 0 Å². The van der Waals surface area contributed by atoms with Gasteiger partial charge in [0.15, 0.2) is 0 Å². The molecule has 5 nitrogen and oxygen atoms in total. The highest BCUT2D eigenvalue weighted by Crippen LogP contribution is 2.18. The fraction of sp³-hybridized carbons (Fsp3) is 0.231. The summed E-state index contributed by atoms with van der Waals surface area (Å²) in [6.07, 6.45) is 2.53. The standard InChI is InChI=1S/C13H13NO4/c15-12(16)2-1-6-14-7-5-9-8-10(13(17)18)3-4-11(9)14/h3-5,7-8H,1-2,6H2,(H,15,16)(H,17,18). The lowest BCUT2D eigenvalue weighted by molar-refractivity contribution is -0.137. The van der Waals surface area contributed by atoms with Crippen LogP contribution in [0, 0.1) is 0 Å². The zero-order chi connectivity index (χ0) is 13.1. The fourth-order valence-corrected chi connectivity index (χ4v) is 1.93. The third-order valence-electron chi connectivity index (χ3n) is 2.81. The van der Waals surface area contributed by atoms with Crippen molar-refractivity contribution in [3.05, 3.63) is 36.0 Å². The minimum atomic E-state index is -0.949. The number of carboxylic acid groups (broad SMARTS) is 2. The van der Waals surface area contributed by atoms with Crippen LogP contribution in [0.15, 0.2) is 30.5 Å². The number of carboxylic acids is 2. The number of nitrogens with zero attached hydrogens (tertiary/aromatic N) is 1. The average Bonchev–Trinajstić information content (AvgIpc) is 2.71. The summed E-state index contributed by atoms with van der Waals surface area (Å²) in [5, 5.41) is 18.3. The van der Waals surface area contributed by atoms with Crippen LogP contribution in [-0.2, 0) is 11.3 Å². The van der Waals surface area contributed by atoms with E-state index in [0.717, 1.165) is 10.9 Å². The fourth-order valence-electron chi connectivity index (χ4n) is 1.93. The van der Waals surface area contributed by atoms with E-state index in [4.69, 9.17) is 10.2 Å². The van der Waals surface area contributed by atoms with Crippen LogP contribution in [0.1, 0.15) is 23.2 Å². The number of aryl methyl sites for hydroxylation is 1. The van der Waals surface area contributed by atoms with Crippen LogP contribution < -0.4 is 0 Å². The van der Waals surface area contributed by atoms with E-state index in [1.165, 1.54) is 0 Å². The van der Waals surface area contributed by atoms with Gasteiger partial charge in [-0.15, -0.1) is 0 Å². The van der Waals surface area contributed by atoms with E-state index in [1.54, 1.807) is 18.2 Å². The lowest BCUT2D eigenvalue weighted by Crippen LogP contribution is -2.01. The zero-order valence-electron chi connectivity index (χ0n) is 9.67. The largest absolute Gasteiger partial charge is 0.481 e. The molecule has 0 unspecified atom stereocenters. The van der Waals surface area contributed by atoms with Gasteiger partial charge in [-0.05, 0) is 30.7 Å². The smallest absolute Gasteiger partial charge is 0.335 e. The Morgan fingerprint density at radius 2 is 1.94 bits per heavy atom. The van der Waals surface area contributed by atoms with Gasteiger partial charge in [0, 0.05) is 30.1 Å². The lowest BCUT2D eigenvalue weighted by atomic mass is 10.1. The molecule has 1 aromatic heterocycles. The van der Waals surface area contributed by atoms with Gasteiger partial charge in [-0.25, -0.2) is 4.79 Å². The van der Waals surface area contributed by atoms with Crippen LogP contribution in [0.4, 0.5) is 0 Å². The van der Waals surface area contributed by atoms with Gasteiger partial charge in [0.25, 0.3) is 0 Å². The minimum Gasteiger partial charge on any atom is -0.481 e. The predicted molar refractivity (Wildman–Crippen MR) is 65.8 cm³/mol. The third kappa shape index (κ3) is 2.51. The number of aliphatic carboxylic acids is 1. The summed E-state index contributed by atoms with van der Waals surface area (Å²) >= 11 is 0. The van der Waals surface area contributed by atoms with Gasteiger partial charge >= 0.3 is 11.9 Å². The monoisotopic (exact) mass is 247 g/mol. The molecule has 2 rings (SSSR count). The Morgan fingerprint density at radius 1 is 1.17 bits per heavy atom. The van der Waals surface area contributed by atoms with E-state index in [0.29, 0.717) is 13.0 Å². The summed E-state index contributed by atoms with van der Waals surface area (Å²) in [6, 6.07) is 6.76. The highest BCUT2D eigenvalue weighted by molar-refractivity contribution is 5.93. The molecule has 0 saturated heterocycles. The predicted octanol–water partition coefficient (Wildman–Crippen LogP) is 2.20. The summed E-state index contributed by atoms with van der Waals surface area (Å²) in [4.78, 5) is 21.3. The van der Waals surface area contributed by atoms with Crippen LogP contribution in [-0.4, -0.2) is 26.7 Å². The van der Waals surface area contributed by atoms with Crippen molar-refractivity contribution < 1.29 is 19.8 Å². The molecule has 0 amide bonds. The van der Waals surface area contributed by atoms with Gasteiger partial charge in [-0.2, -0.15) is 0 Å². The molecule has 2 aromatic rings.